The van der Waals surface area contributed by atoms with E-state index in [9.17, 15) is 22.8 Å². The van der Waals surface area contributed by atoms with Crippen LogP contribution in [-0.4, -0.2) is 43.1 Å². The Hall–Kier alpha value is -3.01. The summed E-state index contributed by atoms with van der Waals surface area (Å²) in [6, 6.07) is 7.79. The number of hydrogen-bond acceptors (Lipinski definition) is 4. The lowest BCUT2D eigenvalue weighted by Crippen LogP contribution is -2.38. The molecule has 1 aromatic heterocycles. The van der Waals surface area contributed by atoms with Crippen LogP contribution in [0.5, 0.6) is 0 Å². The Labute approximate surface area is 187 Å². The molecule has 0 atom stereocenters. The van der Waals surface area contributed by atoms with Gasteiger partial charge in [-0.2, -0.15) is 13.2 Å². The van der Waals surface area contributed by atoms with Crippen molar-refractivity contribution in [3.05, 3.63) is 47.1 Å². The summed E-state index contributed by atoms with van der Waals surface area (Å²) in [6.07, 6.45) is -2.68. The number of carbonyl (C=O) groups excluding carboxylic acids is 2. The number of benzene rings is 1. The molecule has 11 heteroatoms. The maximum atomic E-state index is 12.8. The van der Waals surface area contributed by atoms with Crippen LogP contribution >= 0.6 is 11.6 Å². The van der Waals surface area contributed by atoms with Gasteiger partial charge in [0.15, 0.2) is 0 Å². The molecule has 0 spiro atoms. The van der Waals surface area contributed by atoms with Gasteiger partial charge in [0.2, 0.25) is 5.91 Å². The zero-order valence-corrected chi connectivity index (χ0v) is 17.7. The van der Waals surface area contributed by atoms with Crippen molar-refractivity contribution in [2.24, 2.45) is 5.92 Å². The highest BCUT2D eigenvalue weighted by atomic mass is 35.5. The Balaban J connectivity index is 1.32. The highest BCUT2D eigenvalue weighted by Crippen LogP contribution is 2.34. The second-order valence-corrected chi connectivity index (χ2v) is 8.12. The number of halogens is 4. The van der Waals surface area contributed by atoms with Crippen LogP contribution in [0, 0.1) is 5.92 Å². The molecule has 2 N–H and O–H groups in total. The van der Waals surface area contributed by atoms with Crippen molar-refractivity contribution < 1.29 is 22.8 Å². The van der Waals surface area contributed by atoms with Gasteiger partial charge in [0.25, 0.3) is 0 Å². The molecule has 2 aliphatic rings. The van der Waals surface area contributed by atoms with Gasteiger partial charge in [-0.05, 0) is 43.2 Å². The molecule has 2 saturated heterocycles. The molecule has 2 aliphatic heterocycles. The average molecular weight is 468 g/mol. The lowest BCUT2D eigenvalue weighted by Gasteiger charge is -2.32. The van der Waals surface area contributed by atoms with Crippen molar-refractivity contribution in [1.29, 1.82) is 0 Å². The molecule has 0 aliphatic carbocycles. The molecule has 1 aromatic carbocycles. The number of nitrogens with zero attached hydrogens (tertiary/aromatic N) is 3. The maximum absolute atomic E-state index is 12.8. The van der Waals surface area contributed by atoms with Gasteiger partial charge in [-0.25, -0.2) is 9.78 Å². The molecular weight excluding hydrogens is 447 g/mol. The van der Waals surface area contributed by atoms with E-state index in [0.29, 0.717) is 50.5 Å². The number of urea groups is 1. The molecule has 170 valence electrons. The first kappa shape index (κ1) is 22.2. The van der Waals surface area contributed by atoms with Gasteiger partial charge in [-0.15, -0.1) is 0 Å². The van der Waals surface area contributed by atoms with Crippen LogP contribution in [-0.2, 0) is 11.0 Å². The molecule has 0 radical (unpaired) electrons. The number of nitrogens with one attached hydrogen (secondary N) is 2. The number of piperidine rings is 1. The second kappa shape index (κ2) is 8.85. The van der Waals surface area contributed by atoms with Gasteiger partial charge in [0, 0.05) is 49.7 Å². The Morgan fingerprint density at radius 3 is 2.41 bits per heavy atom. The quantitative estimate of drug-likeness (QED) is 0.708. The van der Waals surface area contributed by atoms with E-state index in [0.717, 1.165) is 18.0 Å². The maximum Gasteiger partial charge on any atom is 0.417 e. The minimum absolute atomic E-state index is 0.0606. The van der Waals surface area contributed by atoms with E-state index >= 15 is 0 Å². The Morgan fingerprint density at radius 1 is 1.16 bits per heavy atom. The normalized spacial score (nSPS) is 17.4. The molecule has 3 amide bonds. The lowest BCUT2D eigenvalue weighted by atomic mass is 9.95. The number of hydrogen-bond donors (Lipinski definition) is 2. The number of rotatable bonds is 4. The van der Waals surface area contributed by atoms with E-state index in [1.54, 1.807) is 34.1 Å². The highest BCUT2D eigenvalue weighted by Gasteiger charge is 2.33. The summed E-state index contributed by atoms with van der Waals surface area (Å²) in [5, 5.41) is 5.56. The van der Waals surface area contributed by atoms with Crippen molar-refractivity contribution >= 4 is 40.7 Å². The average Bonchev–Trinajstić information content (AvgIpc) is 3.19. The molecule has 4 rings (SSSR count). The van der Waals surface area contributed by atoms with Crippen LogP contribution in [0.15, 0.2) is 36.5 Å². The van der Waals surface area contributed by atoms with Crippen LogP contribution < -0.4 is 20.4 Å². The second-order valence-electron chi connectivity index (χ2n) is 7.71. The molecule has 3 heterocycles. The molecule has 0 saturated carbocycles. The van der Waals surface area contributed by atoms with Gasteiger partial charge in [-0.1, -0.05) is 11.6 Å². The minimum atomic E-state index is -4.50. The van der Waals surface area contributed by atoms with E-state index in [4.69, 9.17) is 11.6 Å². The summed E-state index contributed by atoms with van der Waals surface area (Å²) in [4.78, 5) is 31.7. The third-order valence-corrected chi connectivity index (χ3v) is 5.90. The fourth-order valence-corrected chi connectivity index (χ4v) is 4.14. The van der Waals surface area contributed by atoms with Crippen molar-refractivity contribution in [3.8, 4) is 0 Å². The third kappa shape index (κ3) is 4.74. The fourth-order valence-electron chi connectivity index (χ4n) is 3.86. The van der Waals surface area contributed by atoms with Crippen molar-refractivity contribution in [1.82, 2.24) is 10.3 Å². The zero-order chi connectivity index (χ0) is 22.9. The van der Waals surface area contributed by atoms with Crippen LogP contribution in [0.3, 0.4) is 0 Å². The summed E-state index contributed by atoms with van der Waals surface area (Å²) in [6.45, 7) is 2.11. The Kier molecular flexibility index (Phi) is 6.14. The minimum Gasteiger partial charge on any atom is -0.355 e. The number of alkyl halides is 3. The van der Waals surface area contributed by atoms with Crippen LogP contribution in [0.25, 0.3) is 0 Å². The van der Waals surface area contributed by atoms with Gasteiger partial charge in [0.1, 0.15) is 5.82 Å². The van der Waals surface area contributed by atoms with E-state index in [2.05, 4.69) is 15.6 Å². The predicted molar refractivity (Wildman–Crippen MR) is 115 cm³/mol. The topological polar surface area (TPSA) is 77.6 Å². The predicted octanol–water partition coefficient (Wildman–Crippen LogP) is 4.14. The summed E-state index contributed by atoms with van der Waals surface area (Å²) >= 11 is 6.03. The number of aromatic nitrogens is 1. The lowest BCUT2D eigenvalue weighted by molar-refractivity contribution is -0.137. The number of anilines is 3. The first-order valence-corrected chi connectivity index (χ1v) is 10.5. The fraction of sp³-hybridized carbons (Fsp3) is 0.381. The van der Waals surface area contributed by atoms with E-state index in [1.807, 2.05) is 0 Å². The van der Waals surface area contributed by atoms with Gasteiger partial charge < -0.3 is 15.5 Å². The van der Waals surface area contributed by atoms with Gasteiger partial charge in [0.05, 0.1) is 10.6 Å². The monoisotopic (exact) mass is 467 g/mol. The SMILES string of the molecule is O=C(Nc1ccc(N2CCNC2=O)cc1)C1CCN(c2ncc(C(F)(F)F)cc2Cl)CC1. The van der Waals surface area contributed by atoms with Crippen molar-refractivity contribution in [3.63, 3.8) is 0 Å². The first-order chi connectivity index (χ1) is 15.2. The molecule has 7 nitrogen and oxygen atoms in total. The summed E-state index contributed by atoms with van der Waals surface area (Å²) in [5.74, 6) is -0.0636. The number of amides is 3. The first-order valence-electron chi connectivity index (χ1n) is 10.2. The molecule has 0 unspecified atom stereocenters. The summed E-state index contributed by atoms with van der Waals surface area (Å²) in [7, 11) is 0. The smallest absolute Gasteiger partial charge is 0.355 e. The van der Waals surface area contributed by atoms with E-state index < -0.39 is 11.7 Å². The molecule has 0 bridgehead atoms. The van der Waals surface area contributed by atoms with E-state index in [-0.39, 0.29) is 22.9 Å². The highest BCUT2D eigenvalue weighted by molar-refractivity contribution is 6.33. The van der Waals surface area contributed by atoms with Crippen LogP contribution in [0.2, 0.25) is 5.02 Å². The summed E-state index contributed by atoms with van der Waals surface area (Å²) in [5.41, 5.74) is 0.498. The molecule has 32 heavy (non-hydrogen) atoms. The van der Waals surface area contributed by atoms with Crippen molar-refractivity contribution in [2.75, 3.05) is 41.3 Å². The van der Waals surface area contributed by atoms with Crippen LogP contribution in [0.1, 0.15) is 18.4 Å². The molecule has 2 fully saturated rings. The van der Waals surface area contributed by atoms with Crippen LogP contribution in [0.4, 0.5) is 35.2 Å². The number of carbonyl (C=O) groups is 2. The molecule has 2 aromatic rings. The standard InChI is InChI=1S/C21H21ClF3N5O2/c22-17-11-14(21(23,24)25)12-27-18(17)29-8-5-13(6-9-29)19(31)28-15-1-3-16(4-2-15)30-10-7-26-20(30)32/h1-4,11-13H,5-10H2,(H,26,32)(H,28,31). The Morgan fingerprint density at radius 2 is 1.84 bits per heavy atom. The molecular formula is C21H21ClF3N5O2. The largest absolute Gasteiger partial charge is 0.417 e. The number of pyridine rings is 1. The van der Waals surface area contributed by atoms with Gasteiger partial charge >= 0.3 is 12.2 Å². The third-order valence-electron chi connectivity index (χ3n) is 5.62. The van der Waals surface area contributed by atoms with E-state index in [1.165, 1.54) is 0 Å². The Bertz CT molecular complexity index is 1010. The van der Waals surface area contributed by atoms with Crippen molar-refractivity contribution in [2.45, 2.75) is 19.0 Å². The summed E-state index contributed by atoms with van der Waals surface area (Å²) < 4.78 is 38.4. The zero-order valence-electron chi connectivity index (χ0n) is 17.0. The van der Waals surface area contributed by atoms with Gasteiger partial charge in [-0.3, -0.25) is 9.69 Å².